The zero-order valence-electron chi connectivity index (χ0n) is 10.7. The SMILES string of the molecule is Cc1ccc(-c2noc(-c3cccc(O)c3O)n2)cc1. The molecule has 1 aromatic heterocycles. The first kappa shape index (κ1) is 12.2. The van der Waals surface area contributed by atoms with Crippen molar-refractivity contribution in [3.05, 3.63) is 48.0 Å². The molecule has 100 valence electrons. The third kappa shape index (κ3) is 2.09. The maximum atomic E-state index is 9.79. The highest BCUT2D eigenvalue weighted by Gasteiger charge is 2.15. The Morgan fingerprint density at radius 3 is 2.50 bits per heavy atom. The van der Waals surface area contributed by atoms with Crippen molar-refractivity contribution >= 4 is 0 Å². The van der Waals surface area contributed by atoms with Gasteiger partial charge in [0.2, 0.25) is 5.82 Å². The first-order chi connectivity index (χ1) is 9.65. The second kappa shape index (κ2) is 4.70. The van der Waals surface area contributed by atoms with Crippen molar-refractivity contribution in [2.45, 2.75) is 6.92 Å². The van der Waals surface area contributed by atoms with Crippen molar-refractivity contribution in [3.8, 4) is 34.3 Å². The number of rotatable bonds is 2. The second-order valence-electron chi connectivity index (χ2n) is 4.46. The molecule has 0 saturated carbocycles. The van der Waals surface area contributed by atoms with Gasteiger partial charge in [-0.15, -0.1) is 0 Å². The minimum atomic E-state index is -0.272. The van der Waals surface area contributed by atoms with Gasteiger partial charge in [0, 0.05) is 5.56 Å². The molecule has 0 atom stereocenters. The summed E-state index contributed by atoms with van der Waals surface area (Å²) in [4.78, 5) is 4.23. The van der Waals surface area contributed by atoms with E-state index in [1.165, 1.54) is 6.07 Å². The number of benzene rings is 2. The lowest BCUT2D eigenvalue weighted by Crippen LogP contribution is -1.82. The van der Waals surface area contributed by atoms with Gasteiger partial charge < -0.3 is 14.7 Å². The Labute approximate surface area is 115 Å². The summed E-state index contributed by atoms with van der Waals surface area (Å²) in [7, 11) is 0. The topological polar surface area (TPSA) is 79.4 Å². The van der Waals surface area contributed by atoms with Gasteiger partial charge in [-0.1, -0.05) is 41.1 Å². The number of aromatic nitrogens is 2. The molecule has 3 rings (SSSR count). The summed E-state index contributed by atoms with van der Waals surface area (Å²) in [6.45, 7) is 2.00. The molecule has 2 aromatic carbocycles. The molecule has 0 bridgehead atoms. The zero-order valence-corrected chi connectivity index (χ0v) is 10.7. The highest BCUT2D eigenvalue weighted by Crippen LogP contribution is 2.35. The van der Waals surface area contributed by atoms with Crippen LogP contribution >= 0.6 is 0 Å². The molecule has 0 aliphatic carbocycles. The molecule has 0 amide bonds. The van der Waals surface area contributed by atoms with Crippen molar-refractivity contribution in [2.24, 2.45) is 0 Å². The van der Waals surface area contributed by atoms with Crippen molar-refractivity contribution in [3.63, 3.8) is 0 Å². The third-order valence-electron chi connectivity index (χ3n) is 2.98. The minimum absolute atomic E-state index is 0.161. The van der Waals surface area contributed by atoms with Crippen LogP contribution in [0.25, 0.3) is 22.8 Å². The predicted molar refractivity (Wildman–Crippen MR) is 73.2 cm³/mol. The van der Waals surface area contributed by atoms with Gasteiger partial charge >= 0.3 is 0 Å². The van der Waals surface area contributed by atoms with E-state index in [0.29, 0.717) is 11.4 Å². The average Bonchev–Trinajstić information content (AvgIpc) is 2.92. The Morgan fingerprint density at radius 1 is 1.00 bits per heavy atom. The van der Waals surface area contributed by atoms with E-state index in [0.717, 1.165) is 11.1 Å². The lowest BCUT2D eigenvalue weighted by Gasteiger charge is -2.00. The highest BCUT2D eigenvalue weighted by atomic mass is 16.5. The van der Waals surface area contributed by atoms with Crippen molar-refractivity contribution in [1.82, 2.24) is 10.1 Å². The molecule has 0 saturated heterocycles. The molecule has 5 heteroatoms. The maximum Gasteiger partial charge on any atom is 0.262 e. The molecular weight excluding hydrogens is 256 g/mol. The van der Waals surface area contributed by atoms with E-state index in [2.05, 4.69) is 10.1 Å². The number of hydrogen-bond donors (Lipinski definition) is 2. The fourth-order valence-electron chi connectivity index (χ4n) is 1.86. The Balaban J connectivity index is 2.02. The number of aryl methyl sites for hydroxylation is 1. The predicted octanol–water partition coefficient (Wildman–Crippen LogP) is 3.12. The van der Waals surface area contributed by atoms with Gasteiger partial charge in [0.25, 0.3) is 5.89 Å². The summed E-state index contributed by atoms with van der Waals surface area (Å²) >= 11 is 0. The summed E-state index contributed by atoms with van der Waals surface area (Å²) in [6, 6.07) is 12.3. The average molecular weight is 268 g/mol. The van der Waals surface area contributed by atoms with Gasteiger partial charge in [-0.05, 0) is 19.1 Å². The molecular formula is C15H12N2O3. The van der Waals surface area contributed by atoms with Gasteiger partial charge in [-0.25, -0.2) is 0 Å². The number of aromatic hydroxyl groups is 2. The van der Waals surface area contributed by atoms with E-state index in [-0.39, 0.29) is 17.4 Å². The van der Waals surface area contributed by atoms with Crippen LogP contribution in [0.15, 0.2) is 47.0 Å². The number of phenols is 2. The van der Waals surface area contributed by atoms with Gasteiger partial charge in [0.1, 0.15) is 0 Å². The fourth-order valence-corrected chi connectivity index (χ4v) is 1.86. The van der Waals surface area contributed by atoms with E-state index in [1.807, 2.05) is 31.2 Å². The van der Waals surface area contributed by atoms with Crippen molar-refractivity contribution in [2.75, 3.05) is 0 Å². The van der Waals surface area contributed by atoms with Crippen molar-refractivity contribution < 1.29 is 14.7 Å². The lowest BCUT2D eigenvalue weighted by molar-refractivity contribution is 0.397. The molecule has 20 heavy (non-hydrogen) atoms. The Hall–Kier alpha value is -2.82. The number of nitrogens with zero attached hydrogens (tertiary/aromatic N) is 2. The molecule has 0 aliphatic rings. The molecule has 0 radical (unpaired) electrons. The Kier molecular flexibility index (Phi) is 2.87. The molecule has 0 fully saturated rings. The van der Waals surface area contributed by atoms with E-state index in [9.17, 15) is 10.2 Å². The normalized spacial score (nSPS) is 10.7. The molecule has 3 aromatic rings. The minimum Gasteiger partial charge on any atom is -0.504 e. The van der Waals surface area contributed by atoms with E-state index < -0.39 is 0 Å². The van der Waals surface area contributed by atoms with Gasteiger partial charge in [0.05, 0.1) is 5.56 Å². The number of para-hydroxylation sites is 1. The standard InChI is InChI=1S/C15H12N2O3/c1-9-5-7-10(8-6-9)14-16-15(20-17-14)11-3-2-4-12(18)13(11)19/h2-8,18-19H,1H3. The van der Waals surface area contributed by atoms with Crippen LogP contribution in [-0.2, 0) is 0 Å². The van der Waals surface area contributed by atoms with Crippen LogP contribution in [-0.4, -0.2) is 20.4 Å². The second-order valence-corrected chi connectivity index (χ2v) is 4.46. The van der Waals surface area contributed by atoms with Gasteiger partial charge in [0.15, 0.2) is 11.5 Å². The summed E-state index contributed by atoms with van der Waals surface area (Å²) in [5.41, 5.74) is 2.27. The maximum absolute atomic E-state index is 9.79. The summed E-state index contributed by atoms with van der Waals surface area (Å²) in [6.07, 6.45) is 0. The third-order valence-corrected chi connectivity index (χ3v) is 2.98. The summed E-state index contributed by atoms with van der Waals surface area (Å²) in [5.74, 6) is 0.0981. The van der Waals surface area contributed by atoms with Crippen LogP contribution in [0.2, 0.25) is 0 Å². The summed E-state index contributed by atoms with van der Waals surface area (Å²) < 4.78 is 5.14. The Bertz CT molecular complexity index is 748. The quantitative estimate of drug-likeness (QED) is 0.698. The molecule has 0 spiro atoms. The van der Waals surface area contributed by atoms with E-state index >= 15 is 0 Å². The lowest BCUT2D eigenvalue weighted by atomic mass is 10.1. The fraction of sp³-hybridized carbons (Fsp3) is 0.0667. The first-order valence-electron chi connectivity index (χ1n) is 6.07. The number of hydrogen-bond acceptors (Lipinski definition) is 5. The van der Waals surface area contributed by atoms with Crippen LogP contribution in [0.3, 0.4) is 0 Å². The first-order valence-corrected chi connectivity index (χ1v) is 6.07. The molecule has 0 unspecified atom stereocenters. The van der Waals surface area contributed by atoms with Gasteiger partial charge in [-0.3, -0.25) is 0 Å². The zero-order chi connectivity index (χ0) is 14.1. The van der Waals surface area contributed by atoms with Crippen LogP contribution in [0.5, 0.6) is 11.5 Å². The van der Waals surface area contributed by atoms with Crippen LogP contribution in [0.1, 0.15) is 5.56 Å². The summed E-state index contributed by atoms with van der Waals surface area (Å²) in [5, 5.41) is 23.1. The largest absolute Gasteiger partial charge is 0.504 e. The molecule has 0 aliphatic heterocycles. The van der Waals surface area contributed by atoms with Crippen molar-refractivity contribution in [1.29, 1.82) is 0 Å². The van der Waals surface area contributed by atoms with Crippen LogP contribution in [0.4, 0.5) is 0 Å². The smallest absolute Gasteiger partial charge is 0.262 e. The highest BCUT2D eigenvalue weighted by molar-refractivity contribution is 5.68. The van der Waals surface area contributed by atoms with Crippen LogP contribution in [0, 0.1) is 6.92 Å². The van der Waals surface area contributed by atoms with Crippen LogP contribution < -0.4 is 0 Å². The molecule has 1 heterocycles. The molecule has 5 nitrogen and oxygen atoms in total. The van der Waals surface area contributed by atoms with E-state index in [1.54, 1.807) is 12.1 Å². The molecule has 2 N–H and O–H groups in total. The van der Waals surface area contributed by atoms with Gasteiger partial charge in [-0.2, -0.15) is 4.98 Å². The monoisotopic (exact) mass is 268 g/mol. The van der Waals surface area contributed by atoms with E-state index in [4.69, 9.17) is 4.52 Å². The number of phenolic OH excluding ortho intramolecular Hbond substituents is 2. The Morgan fingerprint density at radius 2 is 1.75 bits per heavy atom.